The molecule has 1 aliphatic carbocycles. The van der Waals surface area contributed by atoms with Gasteiger partial charge in [-0.2, -0.15) is 0 Å². The van der Waals surface area contributed by atoms with Gasteiger partial charge in [0.1, 0.15) is 0 Å². The van der Waals surface area contributed by atoms with E-state index < -0.39 is 0 Å². The van der Waals surface area contributed by atoms with E-state index in [1.165, 1.54) is 38.5 Å². The van der Waals surface area contributed by atoms with Crippen LogP contribution in [0.2, 0.25) is 0 Å². The molecule has 1 aliphatic heterocycles. The molecule has 0 bridgehead atoms. The van der Waals surface area contributed by atoms with Crippen molar-refractivity contribution in [3.05, 3.63) is 0 Å². The number of alkyl halides is 1. The van der Waals surface area contributed by atoms with Crippen molar-refractivity contribution < 1.29 is 4.74 Å². The fraction of sp³-hybridized carbons (Fsp3) is 1.00. The quantitative estimate of drug-likeness (QED) is 0.584. The summed E-state index contributed by atoms with van der Waals surface area (Å²) >= 11 is 3.71. The second-order valence-corrected chi connectivity index (χ2v) is 5.58. The largest absolute Gasteiger partial charge is 0.381 e. The predicted octanol–water partition coefficient (Wildman–Crippen LogP) is 3.12. The highest BCUT2D eigenvalue weighted by molar-refractivity contribution is 9.09. The van der Waals surface area contributed by atoms with E-state index in [1.54, 1.807) is 0 Å². The van der Waals surface area contributed by atoms with Gasteiger partial charge in [0.05, 0.1) is 0 Å². The summed E-state index contributed by atoms with van der Waals surface area (Å²) in [4.78, 5) is 0.797. The minimum Gasteiger partial charge on any atom is -0.381 e. The molecule has 0 atom stereocenters. The molecule has 2 heteroatoms. The van der Waals surface area contributed by atoms with Crippen LogP contribution >= 0.6 is 15.9 Å². The Balaban J connectivity index is 1.92. The average Bonchev–Trinajstić information content (AvgIpc) is 2.13. The Labute approximate surface area is 83.0 Å². The zero-order chi connectivity index (χ0) is 8.44. The number of hydrogen-bond donors (Lipinski definition) is 0. The molecule has 0 unspecified atom stereocenters. The molecule has 0 N–H and O–H groups in total. The molecule has 0 amide bonds. The first-order valence-corrected chi connectivity index (χ1v) is 5.94. The van der Waals surface area contributed by atoms with Crippen LogP contribution in [0.3, 0.4) is 0 Å². The maximum atomic E-state index is 5.41. The lowest BCUT2D eigenvalue weighted by Crippen LogP contribution is -2.33. The van der Waals surface area contributed by atoms with Gasteiger partial charge in [-0.3, -0.25) is 0 Å². The van der Waals surface area contributed by atoms with E-state index in [-0.39, 0.29) is 0 Å². The lowest BCUT2D eigenvalue weighted by molar-refractivity contribution is -0.00365. The summed E-state index contributed by atoms with van der Waals surface area (Å²) < 4.78 is 5.41. The first-order chi connectivity index (χ1) is 5.81. The lowest BCUT2D eigenvalue weighted by atomic mass is 9.69. The summed E-state index contributed by atoms with van der Waals surface area (Å²) in [5, 5.41) is 0. The molecule has 0 aromatic heterocycles. The third-order valence-corrected chi connectivity index (χ3v) is 4.44. The number of ether oxygens (including phenoxy) is 1. The van der Waals surface area contributed by atoms with E-state index in [1.807, 2.05) is 0 Å². The van der Waals surface area contributed by atoms with Crippen LogP contribution in [-0.2, 0) is 4.74 Å². The molecule has 12 heavy (non-hydrogen) atoms. The van der Waals surface area contributed by atoms with Gasteiger partial charge in [-0.25, -0.2) is 0 Å². The lowest BCUT2D eigenvalue weighted by Gasteiger charge is -2.41. The number of halogens is 1. The highest BCUT2D eigenvalue weighted by atomic mass is 79.9. The van der Waals surface area contributed by atoms with Gasteiger partial charge in [0.2, 0.25) is 0 Å². The molecule has 1 saturated carbocycles. The molecular weight excluding hydrogens is 216 g/mol. The summed E-state index contributed by atoms with van der Waals surface area (Å²) in [7, 11) is 0. The minimum absolute atomic E-state index is 0.683. The van der Waals surface area contributed by atoms with Crippen LogP contribution in [0, 0.1) is 5.41 Å². The molecule has 70 valence electrons. The van der Waals surface area contributed by atoms with Crippen molar-refractivity contribution >= 4 is 15.9 Å². The fourth-order valence-corrected chi connectivity index (χ4v) is 2.96. The Morgan fingerprint density at radius 2 is 1.58 bits per heavy atom. The molecule has 0 aromatic carbocycles. The number of rotatable bonds is 0. The first kappa shape index (κ1) is 9.01. The Bertz CT molecular complexity index is 142. The maximum absolute atomic E-state index is 5.41. The van der Waals surface area contributed by atoms with Crippen LogP contribution in [0.15, 0.2) is 0 Å². The van der Waals surface area contributed by atoms with E-state index in [0.717, 1.165) is 18.0 Å². The van der Waals surface area contributed by atoms with Crippen molar-refractivity contribution in [3.63, 3.8) is 0 Å². The maximum Gasteiger partial charge on any atom is 0.0471 e. The molecule has 2 rings (SSSR count). The standard InChI is InChI=1S/C10H17BrO/c11-9-1-3-10(4-2-9)5-7-12-8-6-10/h9H,1-8H2. The summed E-state index contributed by atoms with van der Waals surface area (Å²) in [6.07, 6.45) is 8.22. The Morgan fingerprint density at radius 1 is 1.00 bits per heavy atom. The van der Waals surface area contributed by atoms with Crippen LogP contribution in [0.4, 0.5) is 0 Å². The molecule has 2 aliphatic rings. The highest BCUT2D eigenvalue weighted by Crippen LogP contribution is 2.45. The van der Waals surface area contributed by atoms with Gasteiger partial charge in [0.15, 0.2) is 0 Å². The normalized spacial score (nSPS) is 30.8. The van der Waals surface area contributed by atoms with Gasteiger partial charge in [0, 0.05) is 18.0 Å². The molecule has 1 nitrogen and oxygen atoms in total. The second-order valence-electron chi connectivity index (χ2n) is 4.29. The highest BCUT2D eigenvalue weighted by Gasteiger charge is 2.35. The van der Waals surface area contributed by atoms with E-state index in [2.05, 4.69) is 15.9 Å². The predicted molar refractivity (Wildman–Crippen MR) is 53.7 cm³/mol. The monoisotopic (exact) mass is 232 g/mol. The van der Waals surface area contributed by atoms with E-state index in [4.69, 9.17) is 4.74 Å². The Hall–Kier alpha value is 0.440. The molecular formula is C10H17BrO. The van der Waals surface area contributed by atoms with Crippen molar-refractivity contribution in [2.45, 2.75) is 43.4 Å². The fourth-order valence-electron chi connectivity index (χ4n) is 2.50. The molecule has 1 spiro atoms. The molecule has 1 saturated heterocycles. The van der Waals surface area contributed by atoms with Crippen LogP contribution in [-0.4, -0.2) is 18.0 Å². The van der Waals surface area contributed by atoms with Crippen molar-refractivity contribution in [3.8, 4) is 0 Å². The average molecular weight is 233 g/mol. The summed E-state index contributed by atoms with van der Waals surface area (Å²) in [5.74, 6) is 0. The van der Waals surface area contributed by atoms with Crippen molar-refractivity contribution in [2.24, 2.45) is 5.41 Å². The van der Waals surface area contributed by atoms with Gasteiger partial charge in [-0.05, 0) is 43.9 Å². The summed E-state index contributed by atoms with van der Waals surface area (Å²) in [6, 6.07) is 0. The van der Waals surface area contributed by atoms with Crippen LogP contribution in [0.5, 0.6) is 0 Å². The second kappa shape index (κ2) is 3.67. The SMILES string of the molecule is BrC1CCC2(CCOCC2)CC1. The third kappa shape index (κ3) is 1.85. The summed E-state index contributed by atoms with van der Waals surface area (Å²) in [5.41, 5.74) is 0.683. The minimum atomic E-state index is 0.683. The van der Waals surface area contributed by atoms with Crippen LogP contribution < -0.4 is 0 Å². The molecule has 1 heterocycles. The van der Waals surface area contributed by atoms with Crippen LogP contribution in [0.25, 0.3) is 0 Å². The Kier molecular flexibility index (Phi) is 2.75. The van der Waals surface area contributed by atoms with E-state index >= 15 is 0 Å². The van der Waals surface area contributed by atoms with Crippen LogP contribution in [0.1, 0.15) is 38.5 Å². The van der Waals surface area contributed by atoms with Gasteiger partial charge in [0.25, 0.3) is 0 Å². The molecule has 0 aromatic rings. The smallest absolute Gasteiger partial charge is 0.0471 e. The topological polar surface area (TPSA) is 9.23 Å². The Morgan fingerprint density at radius 3 is 2.17 bits per heavy atom. The number of hydrogen-bond acceptors (Lipinski definition) is 1. The zero-order valence-corrected chi connectivity index (χ0v) is 9.11. The third-order valence-electron chi connectivity index (χ3n) is 3.53. The van der Waals surface area contributed by atoms with Crippen molar-refractivity contribution in [2.75, 3.05) is 13.2 Å². The van der Waals surface area contributed by atoms with Crippen molar-refractivity contribution in [1.29, 1.82) is 0 Å². The van der Waals surface area contributed by atoms with Crippen molar-refractivity contribution in [1.82, 2.24) is 0 Å². The van der Waals surface area contributed by atoms with E-state index in [0.29, 0.717) is 5.41 Å². The van der Waals surface area contributed by atoms with E-state index in [9.17, 15) is 0 Å². The molecule has 0 radical (unpaired) electrons. The van der Waals surface area contributed by atoms with Gasteiger partial charge in [-0.1, -0.05) is 15.9 Å². The van der Waals surface area contributed by atoms with Gasteiger partial charge in [-0.15, -0.1) is 0 Å². The zero-order valence-electron chi connectivity index (χ0n) is 7.52. The molecule has 2 fully saturated rings. The van der Waals surface area contributed by atoms with Gasteiger partial charge >= 0.3 is 0 Å². The summed E-state index contributed by atoms with van der Waals surface area (Å²) in [6.45, 7) is 2.01. The van der Waals surface area contributed by atoms with Gasteiger partial charge < -0.3 is 4.74 Å². The first-order valence-electron chi connectivity index (χ1n) is 5.03.